The van der Waals surface area contributed by atoms with Crippen molar-refractivity contribution < 1.29 is 9.18 Å². The summed E-state index contributed by atoms with van der Waals surface area (Å²) in [5.41, 5.74) is 3.59. The van der Waals surface area contributed by atoms with Crippen LogP contribution in [0.3, 0.4) is 0 Å². The van der Waals surface area contributed by atoms with Gasteiger partial charge in [-0.15, -0.1) is 0 Å². The first-order valence-corrected chi connectivity index (χ1v) is 9.46. The second kappa shape index (κ2) is 9.05. The molecule has 0 unspecified atom stereocenters. The van der Waals surface area contributed by atoms with Crippen LogP contribution in [0.5, 0.6) is 0 Å². The monoisotopic (exact) mass is 413 g/mol. The van der Waals surface area contributed by atoms with Crippen molar-refractivity contribution in [2.24, 2.45) is 0 Å². The lowest BCUT2D eigenvalue weighted by Crippen LogP contribution is -2.12. The van der Waals surface area contributed by atoms with Gasteiger partial charge >= 0.3 is 0 Å². The first-order chi connectivity index (χ1) is 13.4. The fourth-order valence-electron chi connectivity index (χ4n) is 2.67. The molecule has 3 rings (SSSR count). The lowest BCUT2D eigenvalue weighted by molar-refractivity contribution is 0.102. The third-order valence-electron chi connectivity index (χ3n) is 4.32. The van der Waals surface area contributed by atoms with Crippen LogP contribution in [0.1, 0.15) is 27.0 Å². The Hall–Kier alpha value is -2.62. The minimum atomic E-state index is -0.375. The molecule has 0 atom stereocenters. The van der Waals surface area contributed by atoms with Crippen molar-refractivity contribution in [3.63, 3.8) is 0 Å². The van der Waals surface area contributed by atoms with Crippen LogP contribution in [-0.4, -0.2) is 5.91 Å². The fraction of sp³-hybridized carbons (Fsp3) is 0.0870. The van der Waals surface area contributed by atoms with E-state index in [2.05, 4.69) is 5.32 Å². The number of aryl methyl sites for hydroxylation is 1. The number of carbonyl (C=O) groups excluding carboxylic acids is 1. The Balaban J connectivity index is 1.66. The number of hydrogen-bond acceptors (Lipinski definition) is 1. The molecular weight excluding hydrogens is 396 g/mol. The van der Waals surface area contributed by atoms with Crippen LogP contribution in [0.25, 0.3) is 5.83 Å². The van der Waals surface area contributed by atoms with E-state index in [0.29, 0.717) is 27.6 Å². The fourth-order valence-corrected chi connectivity index (χ4v) is 2.97. The third kappa shape index (κ3) is 5.00. The number of allylic oxidation sites excluding steroid dienone is 1. The van der Waals surface area contributed by atoms with Crippen LogP contribution < -0.4 is 5.32 Å². The zero-order valence-corrected chi connectivity index (χ0v) is 16.7. The number of para-hydroxylation sites is 1. The van der Waals surface area contributed by atoms with E-state index in [0.717, 1.165) is 16.8 Å². The maximum absolute atomic E-state index is 14.3. The molecule has 0 saturated carbocycles. The predicted molar refractivity (Wildman–Crippen MR) is 115 cm³/mol. The van der Waals surface area contributed by atoms with Crippen LogP contribution in [0.2, 0.25) is 10.0 Å². The summed E-state index contributed by atoms with van der Waals surface area (Å²) in [5.74, 6) is -0.557. The second-order valence-electron chi connectivity index (χ2n) is 6.35. The molecule has 0 aromatic heterocycles. The van der Waals surface area contributed by atoms with E-state index in [1.165, 1.54) is 12.1 Å². The molecule has 3 aromatic rings. The quantitative estimate of drug-likeness (QED) is 0.474. The molecule has 0 fully saturated rings. The van der Waals surface area contributed by atoms with Gasteiger partial charge in [-0.25, -0.2) is 4.39 Å². The number of hydrogen-bond donors (Lipinski definition) is 1. The molecule has 1 N–H and O–H groups in total. The zero-order valence-electron chi connectivity index (χ0n) is 15.2. The Kier molecular flexibility index (Phi) is 6.50. The molecule has 28 heavy (non-hydrogen) atoms. The molecule has 2 nitrogen and oxygen atoms in total. The SMILES string of the molecule is Cc1ccccc1NC(=O)c1ccc(CC=C(F)c2ccc(Cl)c(Cl)c2)cc1. The Morgan fingerprint density at radius 1 is 0.964 bits per heavy atom. The number of amides is 1. The van der Waals surface area contributed by atoms with Crippen molar-refractivity contribution in [2.75, 3.05) is 5.32 Å². The van der Waals surface area contributed by atoms with Gasteiger partial charge in [-0.2, -0.15) is 0 Å². The number of carbonyl (C=O) groups is 1. The van der Waals surface area contributed by atoms with Gasteiger partial charge in [-0.1, -0.05) is 59.6 Å². The van der Waals surface area contributed by atoms with Crippen molar-refractivity contribution in [1.82, 2.24) is 0 Å². The lowest BCUT2D eigenvalue weighted by atomic mass is 10.1. The van der Waals surface area contributed by atoms with E-state index >= 15 is 0 Å². The van der Waals surface area contributed by atoms with E-state index < -0.39 is 0 Å². The van der Waals surface area contributed by atoms with E-state index in [9.17, 15) is 9.18 Å². The second-order valence-corrected chi connectivity index (χ2v) is 7.17. The van der Waals surface area contributed by atoms with Gasteiger partial charge in [0.1, 0.15) is 5.83 Å². The summed E-state index contributed by atoms with van der Waals surface area (Å²) in [6, 6.07) is 19.3. The average molecular weight is 414 g/mol. The maximum Gasteiger partial charge on any atom is 0.255 e. The number of anilines is 1. The smallest absolute Gasteiger partial charge is 0.255 e. The van der Waals surface area contributed by atoms with Gasteiger partial charge in [0.05, 0.1) is 10.0 Å². The Bertz CT molecular complexity index is 1030. The molecule has 0 aliphatic heterocycles. The largest absolute Gasteiger partial charge is 0.322 e. The van der Waals surface area contributed by atoms with Crippen LogP contribution in [-0.2, 0) is 6.42 Å². The molecule has 1 amide bonds. The van der Waals surface area contributed by atoms with Crippen LogP contribution >= 0.6 is 23.2 Å². The molecule has 3 aromatic carbocycles. The van der Waals surface area contributed by atoms with Gasteiger partial charge < -0.3 is 5.32 Å². The molecule has 0 spiro atoms. The summed E-state index contributed by atoms with van der Waals surface area (Å²) >= 11 is 11.8. The lowest BCUT2D eigenvalue weighted by Gasteiger charge is -2.08. The minimum Gasteiger partial charge on any atom is -0.322 e. The molecule has 0 bridgehead atoms. The number of benzene rings is 3. The van der Waals surface area contributed by atoms with Crippen molar-refractivity contribution in [3.8, 4) is 0 Å². The van der Waals surface area contributed by atoms with Crippen molar-refractivity contribution >= 4 is 40.6 Å². The van der Waals surface area contributed by atoms with Gasteiger partial charge in [-0.3, -0.25) is 4.79 Å². The Labute approximate surface area is 173 Å². The summed E-state index contributed by atoms with van der Waals surface area (Å²) in [4.78, 5) is 12.4. The van der Waals surface area contributed by atoms with E-state index in [1.807, 2.05) is 43.3 Å². The molecule has 0 radical (unpaired) electrons. The van der Waals surface area contributed by atoms with E-state index in [-0.39, 0.29) is 11.7 Å². The summed E-state index contributed by atoms with van der Waals surface area (Å²) in [5, 5.41) is 3.59. The summed E-state index contributed by atoms with van der Waals surface area (Å²) in [6.45, 7) is 1.94. The van der Waals surface area contributed by atoms with Gasteiger partial charge in [0.2, 0.25) is 0 Å². The maximum atomic E-state index is 14.3. The van der Waals surface area contributed by atoms with Crippen molar-refractivity contribution in [2.45, 2.75) is 13.3 Å². The van der Waals surface area contributed by atoms with Crippen molar-refractivity contribution in [1.29, 1.82) is 0 Å². The average Bonchev–Trinajstić information content (AvgIpc) is 2.70. The first kappa shape index (κ1) is 20.1. The third-order valence-corrected chi connectivity index (χ3v) is 5.06. The number of nitrogens with one attached hydrogen (secondary N) is 1. The summed E-state index contributed by atoms with van der Waals surface area (Å²) in [6.07, 6.45) is 1.87. The summed E-state index contributed by atoms with van der Waals surface area (Å²) < 4.78 is 14.3. The number of rotatable bonds is 5. The topological polar surface area (TPSA) is 29.1 Å². The highest BCUT2D eigenvalue weighted by Gasteiger charge is 2.08. The summed E-state index contributed by atoms with van der Waals surface area (Å²) in [7, 11) is 0. The molecule has 5 heteroatoms. The molecule has 0 saturated heterocycles. The highest BCUT2D eigenvalue weighted by Crippen LogP contribution is 2.27. The van der Waals surface area contributed by atoms with Gasteiger partial charge in [0.15, 0.2) is 0 Å². The van der Waals surface area contributed by atoms with Gasteiger partial charge in [0, 0.05) is 16.8 Å². The molecule has 0 aliphatic carbocycles. The van der Waals surface area contributed by atoms with Crippen LogP contribution in [0.15, 0.2) is 72.8 Å². The normalized spacial score (nSPS) is 11.4. The van der Waals surface area contributed by atoms with Gasteiger partial charge in [0.25, 0.3) is 5.91 Å². The molecule has 0 heterocycles. The number of halogens is 3. The molecular formula is C23H18Cl2FNO. The van der Waals surface area contributed by atoms with Gasteiger partial charge in [-0.05, 0) is 60.9 Å². The van der Waals surface area contributed by atoms with E-state index in [4.69, 9.17) is 23.2 Å². The first-order valence-electron chi connectivity index (χ1n) is 8.71. The molecule has 0 aliphatic rings. The standard InChI is InChI=1S/C23H18Cl2FNO/c1-15-4-2-3-5-22(15)27-23(28)17-9-6-16(7-10-17)8-13-21(26)18-11-12-19(24)20(25)14-18/h2-7,9-14H,8H2,1H3,(H,27,28). The predicted octanol–water partition coefficient (Wildman–Crippen LogP) is 7.11. The van der Waals surface area contributed by atoms with Crippen LogP contribution in [0, 0.1) is 6.92 Å². The Morgan fingerprint density at radius 2 is 1.64 bits per heavy atom. The highest BCUT2D eigenvalue weighted by atomic mass is 35.5. The zero-order chi connectivity index (χ0) is 20.1. The van der Waals surface area contributed by atoms with E-state index in [1.54, 1.807) is 24.3 Å². The minimum absolute atomic E-state index is 0.182. The van der Waals surface area contributed by atoms with Crippen LogP contribution in [0.4, 0.5) is 10.1 Å². The van der Waals surface area contributed by atoms with Crippen molar-refractivity contribution in [3.05, 3.63) is 105 Å². The molecule has 142 valence electrons. The Morgan fingerprint density at radius 3 is 2.32 bits per heavy atom. The highest BCUT2D eigenvalue weighted by molar-refractivity contribution is 6.42.